The average Bonchev–Trinajstić information content (AvgIpc) is 3.48. The Labute approximate surface area is 211 Å². The predicted molar refractivity (Wildman–Crippen MR) is 133 cm³/mol. The van der Waals surface area contributed by atoms with E-state index in [9.17, 15) is 14.0 Å². The molecule has 0 bridgehead atoms. The fourth-order valence-corrected chi connectivity index (χ4v) is 5.69. The van der Waals surface area contributed by atoms with Crippen LogP contribution in [0.5, 0.6) is 0 Å². The van der Waals surface area contributed by atoms with Crippen molar-refractivity contribution in [3.63, 3.8) is 0 Å². The molecule has 8 nitrogen and oxygen atoms in total. The zero-order valence-corrected chi connectivity index (χ0v) is 20.6. The van der Waals surface area contributed by atoms with E-state index in [-0.39, 0.29) is 23.7 Å². The Morgan fingerprint density at radius 2 is 1.81 bits per heavy atom. The van der Waals surface area contributed by atoms with Crippen LogP contribution in [0.2, 0.25) is 0 Å². The quantitative estimate of drug-likeness (QED) is 0.420. The SMILES string of the molecule is Cc1nsc(-c2nc(N3Cc4ccccc4CC3=O)c3n2CCN(C(=O)c2ccc(F)cc2)[C@@H]3C)n1. The smallest absolute Gasteiger partial charge is 0.254 e. The number of carbonyl (C=O) groups is 2. The van der Waals surface area contributed by atoms with E-state index < -0.39 is 0 Å². The molecule has 2 aliphatic rings. The fraction of sp³-hybridized carbons (Fsp3) is 0.269. The number of amides is 2. The van der Waals surface area contributed by atoms with E-state index in [4.69, 9.17) is 4.98 Å². The maximum Gasteiger partial charge on any atom is 0.254 e. The van der Waals surface area contributed by atoms with Crippen molar-refractivity contribution in [2.45, 2.75) is 39.4 Å². The molecule has 36 heavy (non-hydrogen) atoms. The second-order valence-corrected chi connectivity index (χ2v) is 9.80. The van der Waals surface area contributed by atoms with E-state index in [0.717, 1.165) is 16.8 Å². The van der Waals surface area contributed by atoms with Gasteiger partial charge in [0.05, 0.1) is 24.7 Å². The summed E-state index contributed by atoms with van der Waals surface area (Å²) in [5, 5.41) is 0.676. The predicted octanol–water partition coefficient (Wildman–Crippen LogP) is 4.16. The Bertz CT molecular complexity index is 1490. The molecule has 4 heterocycles. The van der Waals surface area contributed by atoms with E-state index in [2.05, 4.69) is 13.9 Å². The molecule has 0 saturated carbocycles. The average molecular weight is 503 g/mol. The van der Waals surface area contributed by atoms with Gasteiger partial charge in [0.1, 0.15) is 11.6 Å². The summed E-state index contributed by atoms with van der Waals surface area (Å²) in [6.07, 6.45) is 0.294. The van der Waals surface area contributed by atoms with Crippen LogP contribution in [0.3, 0.4) is 0 Å². The van der Waals surface area contributed by atoms with Crippen LogP contribution < -0.4 is 4.90 Å². The van der Waals surface area contributed by atoms with Gasteiger partial charge in [0.15, 0.2) is 16.6 Å². The molecule has 2 aromatic carbocycles. The number of aryl methyl sites for hydroxylation is 1. The summed E-state index contributed by atoms with van der Waals surface area (Å²) in [7, 11) is 0. The number of halogens is 1. The Morgan fingerprint density at radius 3 is 2.53 bits per heavy atom. The lowest BCUT2D eigenvalue weighted by atomic mass is 9.99. The van der Waals surface area contributed by atoms with Crippen LogP contribution in [0.15, 0.2) is 48.5 Å². The molecular formula is C26H23FN6O2S. The highest BCUT2D eigenvalue weighted by Crippen LogP contribution is 2.40. The second kappa shape index (κ2) is 8.63. The van der Waals surface area contributed by atoms with Crippen LogP contribution in [0.4, 0.5) is 10.2 Å². The third-order valence-corrected chi connectivity index (χ3v) is 7.63. The number of fused-ring (bicyclic) bond motifs is 2. The summed E-state index contributed by atoms with van der Waals surface area (Å²) < 4.78 is 19.8. The first-order valence-corrected chi connectivity index (χ1v) is 12.5. The minimum absolute atomic E-state index is 0.0382. The molecule has 0 saturated heterocycles. The van der Waals surface area contributed by atoms with Gasteiger partial charge >= 0.3 is 0 Å². The van der Waals surface area contributed by atoms with Crippen LogP contribution in [-0.2, 0) is 24.3 Å². The van der Waals surface area contributed by atoms with Gasteiger partial charge in [-0.1, -0.05) is 24.3 Å². The molecule has 182 valence electrons. The molecule has 2 amide bonds. The number of rotatable bonds is 3. The van der Waals surface area contributed by atoms with Crippen molar-refractivity contribution in [1.29, 1.82) is 0 Å². The molecule has 0 fully saturated rings. The molecular weight excluding hydrogens is 479 g/mol. The molecule has 0 N–H and O–H groups in total. The molecule has 1 atom stereocenters. The summed E-state index contributed by atoms with van der Waals surface area (Å²) in [5.41, 5.74) is 3.30. The molecule has 10 heteroatoms. The van der Waals surface area contributed by atoms with Gasteiger partial charge in [-0.15, -0.1) is 0 Å². The van der Waals surface area contributed by atoms with Gasteiger partial charge in [-0.2, -0.15) is 4.37 Å². The van der Waals surface area contributed by atoms with Gasteiger partial charge in [-0.25, -0.2) is 14.4 Å². The topological polar surface area (TPSA) is 84.2 Å². The molecule has 0 radical (unpaired) electrons. The molecule has 2 aromatic heterocycles. The molecule has 0 unspecified atom stereocenters. The Hall–Kier alpha value is -3.92. The lowest BCUT2D eigenvalue weighted by Crippen LogP contribution is -2.43. The monoisotopic (exact) mass is 502 g/mol. The number of aromatic nitrogens is 4. The summed E-state index contributed by atoms with van der Waals surface area (Å²) in [6.45, 7) is 5.12. The number of carbonyl (C=O) groups excluding carboxylic acids is 2. The fourth-order valence-electron chi connectivity index (χ4n) is 5.02. The van der Waals surface area contributed by atoms with Crippen molar-refractivity contribution in [3.05, 3.63) is 82.6 Å². The number of imidazole rings is 1. The van der Waals surface area contributed by atoms with Crippen molar-refractivity contribution < 1.29 is 14.0 Å². The molecule has 0 aliphatic carbocycles. The van der Waals surface area contributed by atoms with Crippen LogP contribution >= 0.6 is 11.5 Å². The van der Waals surface area contributed by atoms with E-state index in [1.165, 1.54) is 35.8 Å². The maximum absolute atomic E-state index is 13.4. The third-order valence-electron chi connectivity index (χ3n) is 6.83. The standard InChI is InChI=1S/C26H23FN6O2S/c1-15-22-23(33-14-19-6-4-3-5-18(19)13-21(33)34)29-24(25-28-16(2)30-36-25)32(22)12-11-31(15)26(35)17-7-9-20(27)10-8-17/h3-10,15H,11-14H2,1-2H3/t15-/m1/s1. The van der Waals surface area contributed by atoms with E-state index in [0.29, 0.717) is 54.1 Å². The third kappa shape index (κ3) is 3.69. The number of nitrogens with zero attached hydrogens (tertiary/aromatic N) is 6. The number of anilines is 1. The summed E-state index contributed by atoms with van der Waals surface area (Å²) in [4.78, 5) is 39.7. The first-order valence-electron chi connectivity index (χ1n) is 11.8. The van der Waals surface area contributed by atoms with E-state index in [1.54, 1.807) is 9.80 Å². The largest absolute Gasteiger partial charge is 0.328 e. The van der Waals surface area contributed by atoms with Gasteiger partial charge in [-0.05, 0) is 60.8 Å². The molecule has 6 rings (SSSR count). The Morgan fingerprint density at radius 1 is 1.06 bits per heavy atom. The summed E-state index contributed by atoms with van der Waals surface area (Å²) >= 11 is 1.27. The lowest BCUT2D eigenvalue weighted by molar-refractivity contribution is -0.118. The second-order valence-electron chi connectivity index (χ2n) is 9.05. The summed E-state index contributed by atoms with van der Waals surface area (Å²) in [5.74, 6) is 1.24. The Balaban J connectivity index is 1.45. The first-order chi connectivity index (χ1) is 17.4. The van der Waals surface area contributed by atoms with Crippen molar-refractivity contribution in [3.8, 4) is 10.8 Å². The zero-order chi connectivity index (χ0) is 25.0. The number of hydrogen-bond donors (Lipinski definition) is 0. The highest BCUT2D eigenvalue weighted by Gasteiger charge is 2.38. The zero-order valence-electron chi connectivity index (χ0n) is 19.8. The van der Waals surface area contributed by atoms with E-state index in [1.807, 2.05) is 38.1 Å². The van der Waals surface area contributed by atoms with Gasteiger partial charge in [0.2, 0.25) is 5.91 Å². The maximum atomic E-state index is 13.4. The van der Waals surface area contributed by atoms with Crippen LogP contribution in [0, 0.1) is 12.7 Å². The Kier molecular flexibility index (Phi) is 5.40. The van der Waals surface area contributed by atoms with Crippen LogP contribution in [0.25, 0.3) is 10.8 Å². The van der Waals surface area contributed by atoms with Crippen molar-refractivity contribution in [2.75, 3.05) is 11.4 Å². The van der Waals surface area contributed by atoms with Crippen LogP contribution in [0.1, 0.15) is 46.0 Å². The van der Waals surface area contributed by atoms with Gasteiger partial charge in [0.25, 0.3) is 5.91 Å². The van der Waals surface area contributed by atoms with Crippen molar-refractivity contribution in [2.24, 2.45) is 0 Å². The van der Waals surface area contributed by atoms with Gasteiger partial charge < -0.3 is 9.47 Å². The van der Waals surface area contributed by atoms with Crippen molar-refractivity contribution in [1.82, 2.24) is 23.8 Å². The van der Waals surface area contributed by atoms with Gasteiger partial charge in [-0.3, -0.25) is 14.5 Å². The number of hydrogen-bond acceptors (Lipinski definition) is 6. The summed E-state index contributed by atoms with van der Waals surface area (Å²) in [6, 6.07) is 13.1. The van der Waals surface area contributed by atoms with E-state index >= 15 is 0 Å². The first kappa shape index (κ1) is 22.5. The normalized spacial score (nSPS) is 17.2. The molecule has 0 spiro atoms. The lowest BCUT2D eigenvalue weighted by Gasteiger charge is -2.37. The minimum atomic E-state index is -0.389. The highest BCUT2D eigenvalue weighted by molar-refractivity contribution is 7.09. The number of benzene rings is 2. The highest BCUT2D eigenvalue weighted by atomic mass is 32.1. The van der Waals surface area contributed by atoms with Crippen molar-refractivity contribution >= 4 is 29.2 Å². The van der Waals surface area contributed by atoms with Crippen LogP contribution in [-0.4, -0.2) is 42.2 Å². The van der Waals surface area contributed by atoms with Gasteiger partial charge in [0, 0.05) is 18.7 Å². The minimum Gasteiger partial charge on any atom is -0.328 e. The molecule has 4 aromatic rings. The molecule has 2 aliphatic heterocycles.